The third-order valence-electron chi connectivity index (χ3n) is 3.44. The van der Waals surface area contributed by atoms with Gasteiger partial charge in [0.05, 0.1) is 0 Å². The first-order valence-electron chi connectivity index (χ1n) is 6.60. The van der Waals surface area contributed by atoms with E-state index in [1.165, 1.54) is 5.56 Å². The van der Waals surface area contributed by atoms with E-state index in [9.17, 15) is 4.79 Å². The number of halogens is 1. The number of rotatable bonds is 3. The van der Waals surface area contributed by atoms with Gasteiger partial charge in [-0.2, -0.15) is 0 Å². The van der Waals surface area contributed by atoms with Gasteiger partial charge in [0.15, 0.2) is 0 Å². The van der Waals surface area contributed by atoms with Gasteiger partial charge >= 0.3 is 6.03 Å². The largest absolute Gasteiger partial charge is 0.334 e. The lowest BCUT2D eigenvalue weighted by atomic mass is 10.1. The number of carbonyl (C=O) groups is 1. The summed E-state index contributed by atoms with van der Waals surface area (Å²) >= 11 is 5.80. The van der Waals surface area contributed by atoms with Crippen molar-refractivity contribution in [2.75, 3.05) is 5.32 Å². The fourth-order valence-corrected chi connectivity index (χ4v) is 2.42. The quantitative estimate of drug-likeness (QED) is 0.879. The molecular formula is C16H15ClN2O. The summed E-state index contributed by atoms with van der Waals surface area (Å²) in [6, 6.07) is 17.4. The van der Waals surface area contributed by atoms with Crippen molar-refractivity contribution in [3.63, 3.8) is 0 Å². The molecule has 0 spiro atoms. The molecule has 2 amide bonds. The van der Waals surface area contributed by atoms with Crippen LogP contribution in [-0.2, 0) is 0 Å². The van der Waals surface area contributed by atoms with Crippen molar-refractivity contribution in [2.24, 2.45) is 0 Å². The second-order valence-electron chi connectivity index (χ2n) is 4.96. The van der Waals surface area contributed by atoms with Crippen LogP contribution < -0.4 is 10.6 Å². The molecule has 1 fully saturated rings. The summed E-state index contributed by atoms with van der Waals surface area (Å²) in [6.07, 6.45) is 0.998. The van der Waals surface area contributed by atoms with Gasteiger partial charge in [0.1, 0.15) is 0 Å². The molecule has 0 saturated heterocycles. The zero-order valence-corrected chi connectivity index (χ0v) is 11.6. The molecule has 2 atom stereocenters. The molecule has 4 heteroatoms. The third-order valence-corrected chi connectivity index (χ3v) is 3.69. The van der Waals surface area contributed by atoms with E-state index in [-0.39, 0.29) is 12.1 Å². The topological polar surface area (TPSA) is 41.1 Å². The highest BCUT2D eigenvalue weighted by atomic mass is 35.5. The number of hydrogen-bond donors (Lipinski definition) is 2. The molecule has 20 heavy (non-hydrogen) atoms. The molecule has 1 saturated carbocycles. The number of carbonyl (C=O) groups excluding carboxylic acids is 1. The molecule has 2 unspecified atom stereocenters. The van der Waals surface area contributed by atoms with Crippen LogP contribution in [0.1, 0.15) is 17.9 Å². The predicted molar refractivity (Wildman–Crippen MR) is 81.2 cm³/mol. The molecule has 0 aromatic heterocycles. The van der Waals surface area contributed by atoms with Crippen molar-refractivity contribution in [3.8, 4) is 0 Å². The van der Waals surface area contributed by atoms with E-state index in [0.29, 0.717) is 10.9 Å². The van der Waals surface area contributed by atoms with Crippen LogP contribution in [0, 0.1) is 0 Å². The molecule has 3 rings (SSSR count). The summed E-state index contributed by atoms with van der Waals surface area (Å²) in [4.78, 5) is 11.9. The average Bonchev–Trinajstić information content (AvgIpc) is 3.21. The van der Waals surface area contributed by atoms with Crippen LogP contribution in [0.5, 0.6) is 0 Å². The van der Waals surface area contributed by atoms with Gasteiger partial charge in [-0.15, -0.1) is 0 Å². The SMILES string of the molecule is O=C(Nc1ccc(Cl)cc1)NC1CC1c1ccccc1. The smallest absolute Gasteiger partial charge is 0.319 e. The van der Waals surface area contributed by atoms with Crippen LogP contribution in [0.4, 0.5) is 10.5 Å². The fraction of sp³-hybridized carbons (Fsp3) is 0.188. The number of nitrogens with one attached hydrogen (secondary N) is 2. The minimum absolute atomic E-state index is 0.171. The molecule has 2 N–H and O–H groups in total. The summed E-state index contributed by atoms with van der Waals surface area (Å²) in [7, 11) is 0. The van der Waals surface area contributed by atoms with Gasteiger partial charge in [-0.3, -0.25) is 0 Å². The Balaban J connectivity index is 1.52. The average molecular weight is 287 g/mol. The van der Waals surface area contributed by atoms with E-state index in [2.05, 4.69) is 22.8 Å². The molecule has 2 aromatic rings. The van der Waals surface area contributed by atoms with Gasteiger partial charge in [0.2, 0.25) is 0 Å². The summed E-state index contributed by atoms with van der Waals surface area (Å²) in [6.45, 7) is 0. The maximum Gasteiger partial charge on any atom is 0.319 e. The highest BCUT2D eigenvalue weighted by Gasteiger charge is 2.39. The molecule has 1 aliphatic rings. The Hall–Kier alpha value is -2.00. The number of amides is 2. The van der Waals surface area contributed by atoms with E-state index in [1.54, 1.807) is 24.3 Å². The minimum atomic E-state index is -0.171. The summed E-state index contributed by atoms with van der Waals surface area (Å²) in [5.74, 6) is 0.437. The Morgan fingerprint density at radius 2 is 1.75 bits per heavy atom. The Morgan fingerprint density at radius 1 is 1.05 bits per heavy atom. The van der Waals surface area contributed by atoms with Crippen molar-refractivity contribution >= 4 is 23.3 Å². The highest BCUT2D eigenvalue weighted by Crippen LogP contribution is 2.40. The Kier molecular flexibility index (Phi) is 3.61. The molecular weight excluding hydrogens is 272 g/mol. The standard InChI is InChI=1S/C16H15ClN2O/c17-12-6-8-13(9-7-12)18-16(20)19-15-10-14(15)11-4-2-1-3-5-11/h1-9,14-15H,10H2,(H2,18,19,20). The first-order valence-corrected chi connectivity index (χ1v) is 6.98. The molecule has 2 aromatic carbocycles. The fourth-order valence-electron chi connectivity index (χ4n) is 2.29. The van der Waals surface area contributed by atoms with Gasteiger partial charge < -0.3 is 10.6 Å². The molecule has 3 nitrogen and oxygen atoms in total. The summed E-state index contributed by atoms with van der Waals surface area (Å²) in [5.41, 5.74) is 2.02. The first-order chi connectivity index (χ1) is 9.72. The molecule has 0 radical (unpaired) electrons. The normalized spacial score (nSPS) is 20.2. The van der Waals surface area contributed by atoms with E-state index < -0.39 is 0 Å². The lowest BCUT2D eigenvalue weighted by Crippen LogP contribution is -2.31. The number of anilines is 1. The van der Waals surface area contributed by atoms with Gasteiger partial charge in [0.25, 0.3) is 0 Å². The van der Waals surface area contributed by atoms with Crippen molar-refractivity contribution < 1.29 is 4.79 Å². The minimum Gasteiger partial charge on any atom is -0.334 e. The van der Waals surface area contributed by atoms with Crippen LogP contribution in [0.15, 0.2) is 54.6 Å². The molecule has 102 valence electrons. The maximum absolute atomic E-state index is 11.9. The van der Waals surface area contributed by atoms with E-state index in [0.717, 1.165) is 12.1 Å². The molecule has 0 aliphatic heterocycles. The van der Waals surface area contributed by atoms with Crippen molar-refractivity contribution in [1.29, 1.82) is 0 Å². The molecule has 0 heterocycles. The summed E-state index contributed by atoms with van der Waals surface area (Å²) < 4.78 is 0. The van der Waals surface area contributed by atoms with Crippen molar-refractivity contribution in [3.05, 3.63) is 65.2 Å². The zero-order chi connectivity index (χ0) is 13.9. The third kappa shape index (κ3) is 3.11. The van der Waals surface area contributed by atoms with E-state index in [4.69, 9.17) is 11.6 Å². The molecule has 0 bridgehead atoms. The monoisotopic (exact) mass is 286 g/mol. The second-order valence-corrected chi connectivity index (χ2v) is 5.40. The van der Waals surface area contributed by atoms with Gasteiger partial charge in [-0.05, 0) is 36.2 Å². The van der Waals surface area contributed by atoms with Crippen LogP contribution in [0.3, 0.4) is 0 Å². The van der Waals surface area contributed by atoms with Crippen LogP contribution >= 0.6 is 11.6 Å². The number of benzene rings is 2. The first kappa shape index (κ1) is 13.0. The Morgan fingerprint density at radius 3 is 2.45 bits per heavy atom. The van der Waals surface area contributed by atoms with Crippen molar-refractivity contribution in [1.82, 2.24) is 5.32 Å². The van der Waals surface area contributed by atoms with E-state index in [1.807, 2.05) is 18.2 Å². The van der Waals surface area contributed by atoms with E-state index >= 15 is 0 Å². The predicted octanol–water partition coefficient (Wildman–Crippen LogP) is 4.02. The van der Waals surface area contributed by atoms with Gasteiger partial charge in [-0.1, -0.05) is 41.9 Å². The summed E-state index contributed by atoms with van der Waals surface area (Å²) in [5, 5.41) is 6.44. The molecule has 1 aliphatic carbocycles. The number of urea groups is 1. The second kappa shape index (κ2) is 5.55. The van der Waals surface area contributed by atoms with Crippen LogP contribution in [0.2, 0.25) is 5.02 Å². The van der Waals surface area contributed by atoms with Gasteiger partial charge in [0, 0.05) is 22.7 Å². The highest BCUT2D eigenvalue weighted by molar-refractivity contribution is 6.30. The Bertz CT molecular complexity index is 598. The zero-order valence-electron chi connectivity index (χ0n) is 10.8. The van der Waals surface area contributed by atoms with Gasteiger partial charge in [-0.25, -0.2) is 4.79 Å². The lowest BCUT2D eigenvalue weighted by Gasteiger charge is -2.07. The maximum atomic E-state index is 11.9. The van der Waals surface area contributed by atoms with Crippen molar-refractivity contribution in [2.45, 2.75) is 18.4 Å². The van der Waals surface area contributed by atoms with Crippen LogP contribution in [0.25, 0.3) is 0 Å². The Labute approximate surface area is 123 Å². The van der Waals surface area contributed by atoms with Crippen LogP contribution in [-0.4, -0.2) is 12.1 Å². The lowest BCUT2D eigenvalue weighted by molar-refractivity contribution is 0.251. The number of hydrogen-bond acceptors (Lipinski definition) is 1.